The number of hydrogen-bond donors (Lipinski definition) is 1. The van der Waals surface area contributed by atoms with Crippen molar-refractivity contribution in [2.45, 2.75) is 43.8 Å². The van der Waals surface area contributed by atoms with E-state index in [1.807, 2.05) is 42.5 Å². The molecule has 4 rings (SSSR count). The zero-order chi connectivity index (χ0) is 17.6. The van der Waals surface area contributed by atoms with Crippen LogP contribution < -0.4 is 5.32 Å². The lowest BCUT2D eigenvalue weighted by Gasteiger charge is -2.37. The number of carbonyl (C=O) groups excluding carboxylic acids is 1. The summed E-state index contributed by atoms with van der Waals surface area (Å²) in [6, 6.07) is 13.7. The number of nitrogens with zero attached hydrogens (tertiary/aromatic N) is 1. The number of carbonyl (C=O) groups is 1. The molecule has 0 spiro atoms. The Balaban J connectivity index is 1.53. The molecule has 2 unspecified atom stereocenters. The number of rotatable bonds is 3. The number of piperidine rings is 1. The number of sulfonamides is 1. The molecule has 2 aromatic carbocycles. The van der Waals surface area contributed by atoms with Crippen LogP contribution in [0.4, 0.5) is 0 Å². The highest BCUT2D eigenvalue weighted by Crippen LogP contribution is 2.37. The van der Waals surface area contributed by atoms with Gasteiger partial charge < -0.3 is 5.32 Å². The van der Waals surface area contributed by atoms with E-state index in [0.717, 1.165) is 23.6 Å². The minimum absolute atomic E-state index is 0.0200. The van der Waals surface area contributed by atoms with Gasteiger partial charge in [0.05, 0.1) is 6.26 Å². The lowest BCUT2D eigenvalue weighted by molar-refractivity contribution is 0.0911. The summed E-state index contributed by atoms with van der Waals surface area (Å²) < 4.78 is 25.6. The van der Waals surface area contributed by atoms with Crippen LogP contribution in [0.3, 0.4) is 0 Å². The third-order valence-corrected chi connectivity index (χ3v) is 6.78. The van der Waals surface area contributed by atoms with E-state index >= 15 is 0 Å². The van der Waals surface area contributed by atoms with Crippen molar-refractivity contribution < 1.29 is 13.2 Å². The molecule has 1 amide bonds. The summed E-state index contributed by atoms with van der Waals surface area (Å²) in [5.74, 6) is -0.0750. The largest absolute Gasteiger partial charge is 0.349 e. The van der Waals surface area contributed by atoms with E-state index < -0.39 is 10.0 Å². The van der Waals surface area contributed by atoms with Crippen molar-refractivity contribution in [3.05, 3.63) is 48.0 Å². The van der Waals surface area contributed by atoms with E-state index in [9.17, 15) is 13.2 Å². The third kappa shape index (κ3) is 3.04. The first-order valence-corrected chi connectivity index (χ1v) is 10.6. The van der Waals surface area contributed by atoms with Crippen LogP contribution in [0.25, 0.3) is 10.8 Å². The molecule has 2 bridgehead atoms. The summed E-state index contributed by atoms with van der Waals surface area (Å²) >= 11 is 0. The highest BCUT2D eigenvalue weighted by molar-refractivity contribution is 7.88. The normalized spacial score (nSPS) is 26.7. The van der Waals surface area contributed by atoms with Gasteiger partial charge in [-0.05, 0) is 42.5 Å². The summed E-state index contributed by atoms with van der Waals surface area (Å²) in [6.07, 6.45) is 4.45. The minimum Gasteiger partial charge on any atom is -0.349 e. The predicted octanol–water partition coefficient (Wildman–Crippen LogP) is 2.52. The van der Waals surface area contributed by atoms with Gasteiger partial charge in [-0.1, -0.05) is 36.4 Å². The Hall–Kier alpha value is -1.92. The van der Waals surface area contributed by atoms with Crippen molar-refractivity contribution in [1.82, 2.24) is 9.62 Å². The molecule has 2 atom stereocenters. The number of nitrogens with one attached hydrogen (secondary N) is 1. The molecule has 132 valence electrons. The lowest BCUT2D eigenvalue weighted by atomic mass is 9.98. The minimum atomic E-state index is -3.17. The number of benzene rings is 2. The van der Waals surface area contributed by atoms with E-state index in [1.165, 1.54) is 6.26 Å². The van der Waals surface area contributed by atoms with Crippen LogP contribution in [0, 0.1) is 0 Å². The van der Waals surface area contributed by atoms with Gasteiger partial charge in [0.1, 0.15) is 0 Å². The van der Waals surface area contributed by atoms with Gasteiger partial charge in [-0.3, -0.25) is 4.79 Å². The van der Waals surface area contributed by atoms with Crippen LogP contribution in [0.2, 0.25) is 0 Å². The van der Waals surface area contributed by atoms with Crippen molar-refractivity contribution in [3.63, 3.8) is 0 Å². The molecule has 2 heterocycles. The van der Waals surface area contributed by atoms with Crippen LogP contribution in [0.1, 0.15) is 36.0 Å². The zero-order valence-electron chi connectivity index (χ0n) is 14.2. The number of amides is 1. The van der Waals surface area contributed by atoms with Crippen molar-refractivity contribution in [1.29, 1.82) is 0 Å². The predicted molar refractivity (Wildman–Crippen MR) is 97.9 cm³/mol. The third-order valence-electron chi connectivity index (χ3n) is 5.42. The van der Waals surface area contributed by atoms with Gasteiger partial charge in [-0.2, -0.15) is 4.31 Å². The molecule has 2 saturated heterocycles. The van der Waals surface area contributed by atoms with Crippen LogP contribution in [-0.2, 0) is 10.0 Å². The van der Waals surface area contributed by atoms with Gasteiger partial charge in [0, 0.05) is 23.7 Å². The summed E-state index contributed by atoms with van der Waals surface area (Å²) in [4.78, 5) is 12.8. The van der Waals surface area contributed by atoms with Gasteiger partial charge in [0.25, 0.3) is 5.91 Å². The number of fused-ring (bicyclic) bond motifs is 3. The lowest BCUT2D eigenvalue weighted by Crippen LogP contribution is -2.52. The molecular weight excluding hydrogens is 336 g/mol. The Morgan fingerprint density at radius 2 is 1.68 bits per heavy atom. The molecule has 1 N–H and O–H groups in total. The quantitative estimate of drug-likeness (QED) is 0.917. The van der Waals surface area contributed by atoms with Crippen molar-refractivity contribution in [2.75, 3.05) is 6.26 Å². The SMILES string of the molecule is CS(=O)(=O)N1C2CCC1CC(NC(=O)c1cccc3ccccc13)C2. The molecule has 6 heteroatoms. The first kappa shape index (κ1) is 16.5. The summed E-state index contributed by atoms with van der Waals surface area (Å²) in [5.41, 5.74) is 0.677. The Labute approximate surface area is 148 Å². The molecular formula is C19H22N2O3S. The molecule has 0 saturated carbocycles. The summed E-state index contributed by atoms with van der Waals surface area (Å²) in [5, 5.41) is 5.13. The second-order valence-corrected chi connectivity index (χ2v) is 9.03. The molecule has 0 aromatic heterocycles. The van der Waals surface area contributed by atoms with E-state index in [0.29, 0.717) is 18.4 Å². The standard InChI is InChI=1S/C19H22N2O3S/c1-25(23,24)21-15-9-10-16(21)12-14(11-15)20-19(22)18-8-4-6-13-5-2-3-7-17(13)18/h2-8,14-16H,9-12H2,1H3,(H,20,22). The maximum Gasteiger partial charge on any atom is 0.252 e. The second-order valence-electron chi connectivity index (χ2n) is 7.15. The molecule has 25 heavy (non-hydrogen) atoms. The van der Waals surface area contributed by atoms with Crippen LogP contribution >= 0.6 is 0 Å². The molecule has 2 aromatic rings. The zero-order valence-corrected chi connectivity index (χ0v) is 15.0. The fourth-order valence-electron chi connectivity index (χ4n) is 4.48. The van der Waals surface area contributed by atoms with Crippen LogP contribution in [-0.4, -0.2) is 43.0 Å². The molecule has 2 fully saturated rings. The Morgan fingerprint density at radius 3 is 2.36 bits per heavy atom. The molecule has 5 nitrogen and oxygen atoms in total. The maximum absolute atomic E-state index is 12.8. The Morgan fingerprint density at radius 1 is 1.04 bits per heavy atom. The van der Waals surface area contributed by atoms with Gasteiger partial charge >= 0.3 is 0 Å². The van der Waals surface area contributed by atoms with Gasteiger partial charge in [-0.25, -0.2) is 8.42 Å². The molecule has 2 aliphatic rings. The second kappa shape index (κ2) is 6.11. The van der Waals surface area contributed by atoms with Gasteiger partial charge in [0.15, 0.2) is 0 Å². The maximum atomic E-state index is 12.8. The average molecular weight is 358 g/mol. The van der Waals surface area contributed by atoms with E-state index in [2.05, 4.69) is 5.32 Å². The Bertz CT molecular complexity index is 906. The smallest absolute Gasteiger partial charge is 0.252 e. The highest BCUT2D eigenvalue weighted by atomic mass is 32.2. The van der Waals surface area contributed by atoms with Crippen molar-refractivity contribution >= 4 is 26.7 Å². The average Bonchev–Trinajstić information content (AvgIpc) is 2.86. The van der Waals surface area contributed by atoms with E-state index in [-0.39, 0.29) is 24.0 Å². The molecule has 0 radical (unpaired) electrons. The number of hydrogen-bond acceptors (Lipinski definition) is 3. The first-order chi connectivity index (χ1) is 11.9. The fraction of sp³-hybridized carbons (Fsp3) is 0.421. The summed E-state index contributed by atoms with van der Waals surface area (Å²) in [6.45, 7) is 0. The van der Waals surface area contributed by atoms with Crippen LogP contribution in [0.15, 0.2) is 42.5 Å². The highest BCUT2D eigenvalue weighted by Gasteiger charge is 2.45. The van der Waals surface area contributed by atoms with Gasteiger partial charge in [0.2, 0.25) is 10.0 Å². The molecule has 0 aliphatic carbocycles. The van der Waals surface area contributed by atoms with E-state index in [1.54, 1.807) is 4.31 Å². The fourth-order valence-corrected chi connectivity index (χ4v) is 5.95. The molecule has 2 aliphatic heterocycles. The summed E-state index contributed by atoms with van der Waals surface area (Å²) in [7, 11) is -3.17. The Kier molecular flexibility index (Phi) is 4.04. The van der Waals surface area contributed by atoms with Gasteiger partial charge in [-0.15, -0.1) is 0 Å². The topological polar surface area (TPSA) is 66.5 Å². The van der Waals surface area contributed by atoms with Crippen molar-refractivity contribution in [2.24, 2.45) is 0 Å². The first-order valence-electron chi connectivity index (χ1n) is 8.70. The van der Waals surface area contributed by atoms with Crippen molar-refractivity contribution in [3.8, 4) is 0 Å². The van der Waals surface area contributed by atoms with Crippen LogP contribution in [0.5, 0.6) is 0 Å². The van der Waals surface area contributed by atoms with E-state index in [4.69, 9.17) is 0 Å². The monoisotopic (exact) mass is 358 g/mol.